The maximum absolute atomic E-state index is 11.7. The van der Waals surface area contributed by atoms with Crippen molar-refractivity contribution in [1.29, 1.82) is 0 Å². The van der Waals surface area contributed by atoms with Crippen molar-refractivity contribution >= 4 is 17.8 Å². The Morgan fingerprint density at radius 1 is 1.32 bits per heavy atom. The molecular formula is C12H17N3O4. The van der Waals surface area contributed by atoms with E-state index in [1.165, 1.54) is 6.20 Å². The van der Waals surface area contributed by atoms with Crippen LogP contribution in [0.2, 0.25) is 0 Å². The number of carbonyl (C=O) groups excluding carboxylic acids is 2. The summed E-state index contributed by atoms with van der Waals surface area (Å²) in [5.41, 5.74) is -0.190. The van der Waals surface area contributed by atoms with Gasteiger partial charge in [-0.05, 0) is 13.8 Å². The van der Waals surface area contributed by atoms with Gasteiger partial charge in [-0.1, -0.05) is 0 Å². The maximum Gasteiger partial charge on any atom is 0.347 e. The summed E-state index contributed by atoms with van der Waals surface area (Å²) in [6.45, 7) is 3.69. The van der Waals surface area contributed by atoms with Gasteiger partial charge in [-0.15, -0.1) is 0 Å². The second-order valence-electron chi connectivity index (χ2n) is 3.53. The van der Waals surface area contributed by atoms with Gasteiger partial charge in [0, 0.05) is 13.2 Å². The van der Waals surface area contributed by atoms with Crippen molar-refractivity contribution < 1.29 is 19.1 Å². The number of aromatic nitrogens is 2. The third-order valence-corrected chi connectivity index (χ3v) is 2.17. The molecule has 0 aromatic carbocycles. The SMILES string of the molecule is CCOC(=O)C(=CNc1cncn1C)C(=O)OCC. The molecule has 0 unspecified atom stereocenters. The summed E-state index contributed by atoms with van der Waals surface area (Å²) in [6.07, 6.45) is 4.40. The zero-order valence-electron chi connectivity index (χ0n) is 11.2. The zero-order chi connectivity index (χ0) is 14.3. The normalized spacial score (nSPS) is 9.63. The summed E-state index contributed by atoms with van der Waals surface area (Å²) in [7, 11) is 1.78. The molecule has 7 heteroatoms. The van der Waals surface area contributed by atoms with Crippen molar-refractivity contribution in [3.8, 4) is 0 Å². The van der Waals surface area contributed by atoms with Crippen molar-refractivity contribution in [3.05, 3.63) is 24.3 Å². The van der Waals surface area contributed by atoms with Crippen molar-refractivity contribution in [2.75, 3.05) is 18.5 Å². The van der Waals surface area contributed by atoms with Gasteiger partial charge in [0.25, 0.3) is 0 Å². The van der Waals surface area contributed by atoms with E-state index < -0.39 is 11.9 Å². The first-order chi connectivity index (χ1) is 9.10. The number of imidazole rings is 1. The van der Waals surface area contributed by atoms with E-state index in [1.54, 1.807) is 38.0 Å². The van der Waals surface area contributed by atoms with Gasteiger partial charge < -0.3 is 19.4 Å². The fourth-order valence-electron chi connectivity index (χ4n) is 1.26. The van der Waals surface area contributed by atoms with Crippen LogP contribution >= 0.6 is 0 Å². The molecule has 104 valence electrons. The molecule has 0 aliphatic heterocycles. The Morgan fingerprint density at radius 2 is 1.89 bits per heavy atom. The topological polar surface area (TPSA) is 82.5 Å². The highest BCUT2D eigenvalue weighted by atomic mass is 16.6. The molecule has 0 saturated heterocycles. The monoisotopic (exact) mass is 267 g/mol. The fourth-order valence-corrected chi connectivity index (χ4v) is 1.26. The largest absolute Gasteiger partial charge is 0.462 e. The van der Waals surface area contributed by atoms with Gasteiger partial charge >= 0.3 is 11.9 Å². The second kappa shape index (κ2) is 7.20. The van der Waals surface area contributed by atoms with Gasteiger partial charge in [0.05, 0.1) is 25.7 Å². The average molecular weight is 267 g/mol. The van der Waals surface area contributed by atoms with E-state index >= 15 is 0 Å². The molecule has 0 bridgehead atoms. The molecule has 0 aliphatic carbocycles. The van der Waals surface area contributed by atoms with Gasteiger partial charge in [-0.3, -0.25) is 0 Å². The van der Waals surface area contributed by atoms with Crippen LogP contribution in [0.4, 0.5) is 5.82 Å². The summed E-state index contributed by atoms with van der Waals surface area (Å²) in [6, 6.07) is 0. The first-order valence-corrected chi connectivity index (χ1v) is 5.87. The molecule has 0 radical (unpaired) electrons. The smallest absolute Gasteiger partial charge is 0.347 e. The first-order valence-electron chi connectivity index (χ1n) is 5.87. The number of esters is 2. The first kappa shape index (κ1) is 14.7. The quantitative estimate of drug-likeness (QED) is 0.356. The minimum absolute atomic E-state index is 0.182. The van der Waals surface area contributed by atoms with Gasteiger partial charge in [-0.25, -0.2) is 14.6 Å². The molecule has 19 heavy (non-hydrogen) atoms. The Hall–Kier alpha value is -2.31. The molecular weight excluding hydrogens is 250 g/mol. The number of hydrogen-bond donors (Lipinski definition) is 1. The Morgan fingerprint density at radius 3 is 2.32 bits per heavy atom. The molecule has 0 spiro atoms. The summed E-state index contributed by atoms with van der Waals surface area (Å²) < 4.78 is 11.3. The van der Waals surface area contributed by atoms with Crippen molar-refractivity contribution in [1.82, 2.24) is 9.55 Å². The summed E-state index contributed by atoms with van der Waals surface area (Å²) in [5, 5.41) is 2.81. The zero-order valence-corrected chi connectivity index (χ0v) is 11.2. The van der Waals surface area contributed by atoms with Gasteiger partial charge in [-0.2, -0.15) is 0 Å². The van der Waals surface area contributed by atoms with E-state index in [-0.39, 0.29) is 18.8 Å². The van der Waals surface area contributed by atoms with Crippen molar-refractivity contribution in [2.45, 2.75) is 13.8 Å². The molecule has 1 aromatic rings. The van der Waals surface area contributed by atoms with E-state index in [9.17, 15) is 9.59 Å². The molecule has 1 aromatic heterocycles. The van der Waals surface area contributed by atoms with Gasteiger partial charge in [0.15, 0.2) is 5.57 Å². The molecule has 0 aliphatic rings. The molecule has 7 nitrogen and oxygen atoms in total. The van der Waals surface area contributed by atoms with Crippen molar-refractivity contribution in [2.24, 2.45) is 7.05 Å². The van der Waals surface area contributed by atoms with Crippen LogP contribution in [0.1, 0.15) is 13.8 Å². The van der Waals surface area contributed by atoms with Crippen LogP contribution in [0.3, 0.4) is 0 Å². The number of hydrogen-bond acceptors (Lipinski definition) is 6. The Labute approximate surface area is 111 Å². The Balaban J connectivity index is 2.86. The third-order valence-electron chi connectivity index (χ3n) is 2.17. The highest BCUT2D eigenvalue weighted by Crippen LogP contribution is 2.07. The lowest BCUT2D eigenvalue weighted by molar-refractivity contribution is -0.146. The van der Waals surface area contributed by atoms with Crippen LogP contribution in [0, 0.1) is 0 Å². The standard InChI is InChI=1S/C12H17N3O4/c1-4-18-11(16)9(12(17)19-5-2)6-14-10-7-13-8-15(10)3/h6-8,14H,4-5H2,1-3H3. The number of ether oxygens (including phenoxy) is 2. The van der Waals surface area contributed by atoms with E-state index in [0.717, 1.165) is 0 Å². The summed E-state index contributed by atoms with van der Waals surface area (Å²) in [5.74, 6) is -0.822. The highest BCUT2D eigenvalue weighted by Gasteiger charge is 2.20. The number of rotatable bonds is 6. The minimum atomic E-state index is -0.726. The summed E-state index contributed by atoms with van der Waals surface area (Å²) in [4.78, 5) is 27.2. The third kappa shape index (κ3) is 4.13. The number of carbonyl (C=O) groups is 2. The lowest BCUT2D eigenvalue weighted by Gasteiger charge is -2.07. The van der Waals surface area contributed by atoms with Crippen LogP contribution in [-0.4, -0.2) is 34.7 Å². The van der Waals surface area contributed by atoms with Crippen molar-refractivity contribution in [3.63, 3.8) is 0 Å². The van der Waals surface area contributed by atoms with Crippen LogP contribution in [0.25, 0.3) is 0 Å². The van der Waals surface area contributed by atoms with E-state index in [4.69, 9.17) is 9.47 Å². The number of nitrogens with one attached hydrogen (secondary N) is 1. The molecule has 0 fully saturated rings. The molecule has 1 rings (SSSR count). The molecule has 1 N–H and O–H groups in total. The minimum Gasteiger partial charge on any atom is -0.462 e. The number of aryl methyl sites for hydroxylation is 1. The maximum atomic E-state index is 11.7. The lowest BCUT2D eigenvalue weighted by Crippen LogP contribution is -2.19. The predicted octanol–water partition coefficient (Wildman–Crippen LogP) is 0.842. The summed E-state index contributed by atoms with van der Waals surface area (Å²) >= 11 is 0. The van der Waals surface area contributed by atoms with Crippen LogP contribution in [0.15, 0.2) is 24.3 Å². The molecule has 1 heterocycles. The molecule has 0 saturated carbocycles. The molecule has 0 amide bonds. The van der Waals surface area contributed by atoms with E-state index in [2.05, 4.69) is 10.3 Å². The van der Waals surface area contributed by atoms with Gasteiger partial charge in [0.2, 0.25) is 0 Å². The van der Waals surface area contributed by atoms with Crippen LogP contribution in [0.5, 0.6) is 0 Å². The lowest BCUT2D eigenvalue weighted by atomic mass is 10.3. The second-order valence-corrected chi connectivity index (χ2v) is 3.53. The number of anilines is 1. The van der Waals surface area contributed by atoms with Gasteiger partial charge in [0.1, 0.15) is 5.82 Å². The fraction of sp³-hybridized carbons (Fsp3) is 0.417. The highest BCUT2D eigenvalue weighted by molar-refractivity contribution is 6.14. The molecule has 0 atom stereocenters. The van der Waals surface area contributed by atoms with E-state index in [1.807, 2.05) is 0 Å². The predicted molar refractivity (Wildman–Crippen MR) is 68.2 cm³/mol. The van der Waals surface area contributed by atoms with Crippen LogP contribution in [-0.2, 0) is 26.1 Å². The Kier molecular flexibility index (Phi) is 5.59. The van der Waals surface area contributed by atoms with Crippen LogP contribution < -0.4 is 5.32 Å². The number of nitrogens with zero attached hydrogens (tertiary/aromatic N) is 2. The average Bonchev–Trinajstić information content (AvgIpc) is 2.76. The van der Waals surface area contributed by atoms with E-state index in [0.29, 0.717) is 5.82 Å². The Bertz CT molecular complexity index is 459.